The molecule has 1 aromatic rings. The highest BCUT2D eigenvalue weighted by Gasteiger charge is 2.42. The smallest absolute Gasteiger partial charge is 0.269 e. The van der Waals surface area contributed by atoms with E-state index in [2.05, 4.69) is 5.32 Å². The molecule has 2 amide bonds. The summed E-state index contributed by atoms with van der Waals surface area (Å²) in [6, 6.07) is 4.16. The highest BCUT2D eigenvalue weighted by molar-refractivity contribution is 6.37. The lowest BCUT2D eigenvalue weighted by molar-refractivity contribution is -0.384. The number of hydrogen-bond acceptors (Lipinski definition) is 4. The maximum Gasteiger partial charge on any atom is 0.269 e. The van der Waals surface area contributed by atoms with Gasteiger partial charge in [0.2, 0.25) is 11.8 Å². The number of hydrogen-bond donors (Lipinski definition) is 1. The average molecular weight is 269 g/mol. The van der Waals surface area contributed by atoms with E-state index in [0.29, 0.717) is 11.1 Å². The zero-order valence-electron chi connectivity index (χ0n) is 9.34. The van der Waals surface area contributed by atoms with E-state index in [1.54, 1.807) is 6.92 Å². The Morgan fingerprint density at radius 3 is 2.50 bits per heavy atom. The lowest BCUT2D eigenvalue weighted by Gasteiger charge is -2.12. The molecule has 7 heteroatoms. The summed E-state index contributed by atoms with van der Waals surface area (Å²) < 4.78 is 0. The summed E-state index contributed by atoms with van der Waals surface area (Å²) in [6.07, 6.45) is 0. The van der Waals surface area contributed by atoms with Gasteiger partial charge < -0.3 is 0 Å². The zero-order valence-corrected chi connectivity index (χ0v) is 10.1. The fraction of sp³-hybridized carbons (Fsp3) is 0.273. The number of benzene rings is 1. The first-order chi connectivity index (χ1) is 8.41. The van der Waals surface area contributed by atoms with Gasteiger partial charge in [-0.05, 0) is 18.1 Å². The van der Waals surface area contributed by atoms with Crippen LogP contribution in [0.1, 0.15) is 17.0 Å². The topological polar surface area (TPSA) is 89.3 Å². The number of carbonyl (C=O) groups excluding carboxylic acids is 2. The SMILES string of the molecule is Cc1ccc([N+](=O)[O-])cc1C1C(=O)NC(=O)C1Cl. The predicted octanol–water partition coefficient (Wildman–Crippen LogP) is 1.25. The molecule has 0 bridgehead atoms. The van der Waals surface area contributed by atoms with Crippen LogP contribution in [0, 0.1) is 17.0 Å². The quantitative estimate of drug-likeness (QED) is 0.378. The Balaban J connectivity index is 2.50. The molecular weight excluding hydrogens is 260 g/mol. The molecule has 6 nitrogen and oxygen atoms in total. The molecule has 1 aliphatic rings. The zero-order chi connectivity index (χ0) is 13.4. The molecule has 2 rings (SSSR count). The van der Waals surface area contributed by atoms with E-state index in [4.69, 9.17) is 11.6 Å². The number of nitrogens with zero attached hydrogens (tertiary/aromatic N) is 1. The lowest BCUT2D eigenvalue weighted by Crippen LogP contribution is -2.22. The number of nitro groups is 1. The summed E-state index contributed by atoms with van der Waals surface area (Å²) in [5, 5.41) is 11.8. The van der Waals surface area contributed by atoms with E-state index in [9.17, 15) is 19.7 Å². The maximum atomic E-state index is 11.6. The largest absolute Gasteiger partial charge is 0.295 e. The minimum absolute atomic E-state index is 0.133. The van der Waals surface area contributed by atoms with E-state index in [0.717, 1.165) is 0 Å². The second-order valence-corrected chi connectivity index (χ2v) is 4.50. The van der Waals surface area contributed by atoms with Crippen molar-refractivity contribution < 1.29 is 14.5 Å². The molecule has 0 saturated carbocycles. The highest BCUT2D eigenvalue weighted by atomic mass is 35.5. The van der Waals surface area contributed by atoms with Crippen molar-refractivity contribution in [2.24, 2.45) is 0 Å². The van der Waals surface area contributed by atoms with Crippen molar-refractivity contribution in [2.75, 3.05) is 0 Å². The van der Waals surface area contributed by atoms with Gasteiger partial charge >= 0.3 is 0 Å². The van der Waals surface area contributed by atoms with Gasteiger partial charge in [0.15, 0.2) is 0 Å². The molecule has 0 spiro atoms. The third kappa shape index (κ3) is 1.95. The molecular formula is C11H9ClN2O4. The number of rotatable bonds is 2. The number of halogens is 1. The minimum atomic E-state index is -1.03. The fourth-order valence-corrected chi connectivity index (χ4v) is 2.23. The lowest BCUT2D eigenvalue weighted by atomic mass is 9.92. The predicted molar refractivity (Wildman–Crippen MR) is 63.4 cm³/mol. The van der Waals surface area contributed by atoms with Crippen molar-refractivity contribution in [1.82, 2.24) is 5.32 Å². The van der Waals surface area contributed by atoms with Gasteiger partial charge in [0.1, 0.15) is 5.38 Å². The van der Waals surface area contributed by atoms with Crippen molar-refractivity contribution >= 4 is 29.1 Å². The number of amides is 2. The Morgan fingerprint density at radius 2 is 2.00 bits per heavy atom. The number of imide groups is 1. The highest BCUT2D eigenvalue weighted by Crippen LogP contribution is 2.32. The molecule has 1 N–H and O–H groups in total. The molecule has 0 aliphatic carbocycles. The van der Waals surface area contributed by atoms with Gasteiger partial charge in [0.05, 0.1) is 10.8 Å². The van der Waals surface area contributed by atoms with Crippen LogP contribution in [-0.2, 0) is 9.59 Å². The number of aryl methyl sites for hydroxylation is 1. The van der Waals surface area contributed by atoms with E-state index < -0.39 is 28.0 Å². The number of nitro benzene ring substituents is 1. The average Bonchev–Trinajstić information content (AvgIpc) is 2.54. The molecule has 94 valence electrons. The van der Waals surface area contributed by atoms with Gasteiger partial charge in [0, 0.05) is 12.1 Å². The van der Waals surface area contributed by atoms with Crippen LogP contribution in [0.2, 0.25) is 0 Å². The third-order valence-corrected chi connectivity index (χ3v) is 3.33. The van der Waals surface area contributed by atoms with Crippen LogP contribution in [0.4, 0.5) is 5.69 Å². The molecule has 18 heavy (non-hydrogen) atoms. The molecule has 1 aliphatic heterocycles. The van der Waals surface area contributed by atoms with Crippen molar-refractivity contribution in [3.63, 3.8) is 0 Å². The third-order valence-electron chi connectivity index (χ3n) is 2.88. The standard InChI is InChI=1S/C11H9ClN2O4/c1-5-2-3-6(14(17)18)4-7(5)8-9(12)11(16)13-10(8)15/h2-4,8-9H,1H3,(H,13,15,16). The maximum absolute atomic E-state index is 11.6. The Hall–Kier alpha value is -1.95. The summed E-state index contributed by atoms with van der Waals surface area (Å²) in [7, 11) is 0. The van der Waals surface area contributed by atoms with E-state index in [-0.39, 0.29) is 5.69 Å². The van der Waals surface area contributed by atoms with Gasteiger partial charge in [-0.15, -0.1) is 11.6 Å². The summed E-state index contributed by atoms with van der Waals surface area (Å²) in [5.74, 6) is -1.97. The van der Waals surface area contributed by atoms with Crippen molar-refractivity contribution in [1.29, 1.82) is 0 Å². The van der Waals surface area contributed by atoms with Crippen LogP contribution in [0.15, 0.2) is 18.2 Å². The molecule has 0 aromatic heterocycles. The van der Waals surface area contributed by atoms with Crippen LogP contribution in [-0.4, -0.2) is 22.1 Å². The minimum Gasteiger partial charge on any atom is -0.295 e. The van der Waals surface area contributed by atoms with Crippen LogP contribution in [0.25, 0.3) is 0 Å². The van der Waals surface area contributed by atoms with Gasteiger partial charge in [-0.3, -0.25) is 25.0 Å². The van der Waals surface area contributed by atoms with Crippen molar-refractivity contribution in [3.05, 3.63) is 39.4 Å². The fourth-order valence-electron chi connectivity index (χ4n) is 1.93. The van der Waals surface area contributed by atoms with E-state index in [1.807, 2.05) is 0 Å². The molecule has 1 saturated heterocycles. The number of nitrogens with one attached hydrogen (secondary N) is 1. The van der Waals surface area contributed by atoms with E-state index in [1.165, 1.54) is 18.2 Å². The molecule has 1 aromatic carbocycles. The Bertz CT molecular complexity index is 558. The van der Waals surface area contributed by atoms with Crippen LogP contribution in [0.5, 0.6) is 0 Å². The van der Waals surface area contributed by atoms with E-state index >= 15 is 0 Å². The Morgan fingerprint density at radius 1 is 1.33 bits per heavy atom. The molecule has 1 heterocycles. The summed E-state index contributed by atoms with van der Waals surface area (Å²) in [5.41, 5.74) is 0.959. The van der Waals surface area contributed by atoms with Gasteiger partial charge in [-0.25, -0.2) is 0 Å². The first kappa shape index (κ1) is 12.5. The van der Waals surface area contributed by atoms with Crippen LogP contribution >= 0.6 is 11.6 Å². The number of alkyl halides is 1. The molecule has 2 unspecified atom stereocenters. The Kier molecular flexibility index (Phi) is 3.04. The first-order valence-corrected chi connectivity index (χ1v) is 5.59. The number of non-ortho nitro benzene ring substituents is 1. The van der Waals surface area contributed by atoms with Crippen LogP contribution in [0.3, 0.4) is 0 Å². The molecule has 2 atom stereocenters. The molecule has 0 radical (unpaired) electrons. The van der Waals surface area contributed by atoms with Gasteiger partial charge in [-0.1, -0.05) is 6.07 Å². The van der Waals surface area contributed by atoms with Crippen molar-refractivity contribution in [3.8, 4) is 0 Å². The summed E-state index contributed by atoms with van der Waals surface area (Å²) in [4.78, 5) is 33.1. The normalized spacial score (nSPS) is 23.0. The first-order valence-electron chi connectivity index (χ1n) is 5.15. The van der Waals surface area contributed by atoms with Crippen molar-refractivity contribution in [2.45, 2.75) is 18.2 Å². The van der Waals surface area contributed by atoms with Gasteiger partial charge in [-0.2, -0.15) is 0 Å². The monoisotopic (exact) mass is 268 g/mol. The van der Waals surface area contributed by atoms with Gasteiger partial charge in [0.25, 0.3) is 5.69 Å². The second kappa shape index (κ2) is 4.38. The summed E-state index contributed by atoms with van der Waals surface area (Å²) in [6.45, 7) is 1.71. The molecule has 1 fully saturated rings. The number of carbonyl (C=O) groups is 2. The summed E-state index contributed by atoms with van der Waals surface area (Å²) >= 11 is 5.86. The Labute approximate surface area is 107 Å². The van der Waals surface area contributed by atoms with Crippen LogP contribution < -0.4 is 5.32 Å². The second-order valence-electron chi connectivity index (χ2n) is 4.03.